The van der Waals surface area contributed by atoms with Crippen molar-refractivity contribution >= 4 is 17.3 Å². The summed E-state index contributed by atoms with van der Waals surface area (Å²) in [6.07, 6.45) is 0.727. The van der Waals surface area contributed by atoms with Gasteiger partial charge in [0.1, 0.15) is 6.04 Å². The number of nitrogens with zero attached hydrogens (tertiary/aromatic N) is 1. The standard InChI is InChI=1S/C10H16N2O2S/c1-4-8(10(13)14-3)11-5-9-7(2)12-6-15-9/h6,8,11H,4-5H2,1-3H3. The molecule has 1 atom stereocenters. The van der Waals surface area contributed by atoms with Crippen molar-refractivity contribution in [3.05, 3.63) is 16.1 Å². The molecule has 0 spiro atoms. The van der Waals surface area contributed by atoms with Gasteiger partial charge in [-0.05, 0) is 13.3 Å². The van der Waals surface area contributed by atoms with Crippen molar-refractivity contribution in [3.8, 4) is 0 Å². The van der Waals surface area contributed by atoms with E-state index in [0.29, 0.717) is 6.54 Å². The van der Waals surface area contributed by atoms with Crippen LogP contribution in [0.3, 0.4) is 0 Å². The highest BCUT2D eigenvalue weighted by molar-refractivity contribution is 7.09. The molecule has 5 heteroatoms. The summed E-state index contributed by atoms with van der Waals surface area (Å²) in [6, 6.07) is -0.225. The smallest absolute Gasteiger partial charge is 0.322 e. The molecule has 0 radical (unpaired) electrons. The maximum absolute atomic E-state index is 11.3. The first-order valence-corrected chi connectivity index (χ1v) is 5.77. The summed E-state index contributed by atoms with van der Waals surface area (Å²) in [5, 5.41) is 3.16. The Morgan fingerprint density at radius 2 is 2.47 bits per heavy atom. The molecule has 1 unspecified atom stereocenters. The molecule has 0 aromatic carbocycles. The number of hydrogen-bond acceptors (Lipinski definition) is 5. The van der Waals surface area contributed by atoms with Gasteiger partial charge in [0, 0.05) is 11.4 Å². The molecule has 0 saturated carbocycles. The van der Waals surface area contributed by atoms with Gasteiger partial charge in [-0.3, -0.25) is 10.1 Å². The zero-order valence-electron chi connectivity index (χ0n) is 9.24. The van der Waals surface area contributed by atoms with Crippen LogP contribution in [0.5, 0.6) is 0 Å². The van der Waals surface area contributed by atoms with E-state index in [1.54, 1.807) is 11.3 Å². The van der Waals surface area contributed by atoms with Crippen molar-refractivity contribution in [1.82, 2.24) is 10.3 Å². The molecule has 0 fully saturated rings. The lowest BCUT2D eigenvalue weighted by Gasteiger charge is -2.13. The Balaban J connectivity index is 2.48. The van der Waals surface area contributed by atoms with E-state index in [2.05, 4.69) is 15.0 Å². The fourth-order valence-electron chi connectivity index (χ4n) is 1.25. The number of ether oxygens (including phenoxy) is 1. The molecular weight excluding hydrogens is 212 g/mol. The van der Waals surface area contributed by atoms with Gasteiger partial charge in [0.25, 0.3) is 0 Å². The monoisotopic (exact) mass is 228 g/mol. The number of nitrogens with one attached hydrogen (secondary N) is 1. The van der Waals surface area contributed by atoms with E-state index in [1.807, 2.05) is 19.4 Å². The van der Waals surface area contributed by atoms with Crippen molar-refractivity contribution in [2.24, 2.45) is 0 Å². The third-order valence-corrected chi connectivity index (χ3v) is 3.18. The van der Waals surface area contributed by atoms with Crippen molar-refractivity contribution < 1.29 is 9.53 Å². The highest BCUT2D eigenvalue weighted by Crippen LogP contribution is 2.11. The summed E-state index contributed by atoms with van der Waals surface area (Å²) < 4.78 is 4.69. The van der Waals surface area contributed by atoms with Gasteiger partial charge in [-0.25, -0.2) is 4.98 Å². The van der Waals surface area contributed by atoms with Crippen LogP contribution in [0.2, 0.25) is 0 Å². The molecule has 0 amide bonds. The molecule has 1 aromatic rings. The average Bonchev–Trinajstić information content (AvgIpc) is 2.65. The molecule has 0 bridgehead atoms. The Bertz CT molecular complexity index is 325. The number of aryl methyl sites for hydroxylation is 1. The van der Waals surface area contributed by atoms with Gasteiger partial charge in [0.2, 0.25) is 0 Å². The Morgan fingerprint density at radius 1 is 1.73 bits per heavy atom. The summed E-state index contributed by atoms with van der Waals surface area (Å²) in [7, 11) is 1.41. The number of methoxy groups -OCH3 is 1. The van der Waals surface area contributed by atoms with E-state index in [4.69, 9.17) is 0 Å². The van der Waals surface area contributed by atoms with E-state index in [-0.39, 0.29) is 12.0 Å². The van der Waals surface area contributed by atoms with Gasteiger partial charge in [0.05, 0.1) is 18.3 Å². The van der Waals surface area contributed by atoms with E-state index < -0.39 is 0 Å². The highest BCUT2D eigenvalue weighted by atomic mass is 32.1. The van der Waals surface area contributed by atoms with Crippen LogP contribution in [0.15, 0.2) is 5.51 Å². The lowest BCUT2D eigenvalue weighted by atomic mass is 10.2. The minimum absolute atomic E-state index is 0.209. The lowest BCUT2D eigenvalue weighted by Crippen LogP contribution is -2.36. The zero-order valence-corrected chi connectivity index (χ0v) is 10.1. The van der Waals surface area contributed by atoms with Crippen LogP contribution in [0, 0.1) is 6.92 Å². The molecular formula is C10H16N2O2S. The number of carbonyl (C=O) groups excluding carboxylic acids is 1. The van der Waals surface area contributed by atoms with Gasteiger partial charge in [-0.15, -0.1) is 11.3 Å². The van der Waals surface area contributed by atoms with Crippen molar-refractivity contribution in [2.75, 3.05) is 7.11 Å². The van der Waals surface area contributed by atoms with Crippen molar-refractivity contribution in [3.63, 3.8) is 0 Å². The molecule has 1 aromatic heterocycles. The molecule has 84 valence electrons. The molecule has 0 aliphatic carbocycles. The Labute approximate surface area is 93.7 Å². The number of hydrogen-bond donors (Lipinski definition) is 1. The molecule has 0 aliphatic heterocycles. The molecule has 15 heavy (non-hydrogen) atoms. The molecule has 1 heterocycles. The van der Waals surface area contributed by atoms with Gasteiger partial charge < -0.3 is 4.74 Å². The number of carbonyl (C=O) groups is 1. The summed E-state index contributed by atoms with van der Waals surface area (Å²) in [5.74, 6) is -0.209. The second-order valence-corrected chi connectivity index (χ2v) is 4.17. The quantitative estimate of drug-likeness (QED) is 0.776. The van der Waals surface area contributed by atoms with Crippen molar-refractivity contribution in [1.29, 1.82) is 0 Å². The van der Waals surface area contributed by atoms with E-state index in [9.17, 15) is 4.79 Å². The van der Waals surface area contributed by atoms with E-state index in [1.165, 1.54) is 7.11 Å². The zero-order chi connectivity index (χ0) is 11.3. The van der Waals surface area contributed by atoms with Crippen LogP contribution in [0.4, 0.5) is 0 Å². The van der Waals surface area contributed by atoms with Gasteiger partial charge in [-0.2, -0.15) is 0 Å². The third-order valence-electron chi connectivity index (χ3n) is 2.25. The molecule has 0 saturated heterocycles. The predicted octanol–water partition coefficient (Wildman–Crippen LogP) is 1.49. The number of thiazole rings is 1. The largest absolute Gasteiger partial charge is 0.468 e. The second kappa shape index (κ2) is 5.82. The van der Waals surface area contributed by atoms with Crippen LogP contribution < -0.4 is 5.32 Å². The number of rotatable bonds is 5. The molecule has 4 nitrogen and oxygen atoms in total. The Kier molecular flexibility index (Phi) is 4.71. The Hall–Kier alpha value is -0.940. The normalized spacial score (nSPS) is 12.5. The minimum Gasteiger partial charge on any atom is -0.468 e. The maximum Gasteiger partial charge on any atom is 0.322 e. The van der Waals surface area contributed by atoms with Crippen LogP contribution in [-0.4, -0.2) is 24.1 Å². The topological polar surface area (TPSA) is 51.2 Å². The lowest BCUT2D eigenvalue weighted by molar-refractivity contribution is -0.143. The fourth-order valence-corrected chi connectivity index (χ4v) is 1.98. The molecule has 1 N–H and O–H groups in total. The summed E-state index contributed by atoms with van der Waals surface area (Å²) >= 11 is 1.60. The van der Waals surface area contributed by atoms with Crippen LogP contribution >= 0.6 is 11.3 Å². The number of aromatic nitrogens is 1. The fraction of sp³-hybridized carbons (Fsp3) is 0.600. The predicted molar refractivity (Wildman–Crippen MR) is 59.8 cm³/mol. The van der Waals surface area contributed by atoms with Crippen molar-refractivity contribution in [2.45, 2.75) is 32.9 Å². The van der Waals surface area contributed by atoms with Crippen LogP contribution in [0.1, 0.15) is 23.9 Å². The van der Waals surface area contributed by atoms with E-state index in [0.717, 1.165) is 17.0 Å². The summed E-state index contributed by atoms with van der Waals surface area (Å²) in [5.41, 5.74) is 2.83. The first-order chi connectivity index (χ1) is 7.19. The first kappa shape index (κ1) is 12.1. The maximum atomic E-state index is 11.3. The second-order valence-electron chi connectivity index (χ2n) is 3.23. The highest BCUT2D eigenvalue weighted by Gasteiger charge is 2.16. The van der Waals surface area contributed by atoms with E-state index >= 15 is 0 Å². The third kappa shape index (κ3) is 3.28. The first-order valence-electron chi connectivity index (χ1n) is 4.89. The van der Waals surface area contributed by atoms with Gasteiger partial charge >= 0.3 is 5.97 Å². The van der Waals surface area contributed by atoms with Gasteiger partial charge in [0.15, 0.2) is 0 Å². The van der Waals surface area contributed by atoms with Gasteiger partial charge in [-0.1, -0.05) is 6.92 Å². The number of esters is 1. The average molecular weight is 228 g/mol. The Morgan fingerprint density at radius 3 is 2.93 bits per heavy atom. The summed E-state index contributed by atoms with van der Waals surface area (Å²) in [4.78, 5) is 16.6. The SMILES string of the molecule is CCC(NCc1scnc1C)C(=O)OC. The minimum atomic E-state index is -0.225. The molecule has 0 aliphatic rings. The van der Waals surface area contributed by atoms with Crippen LogP contribution in [0.25, 0.3) is 0 Å². The molecule has 1 rings (SSSR count). The summed E-state index contributed by atoms with van der Waals surface area (Å²) in [6.45, 7) is 4.59. The van der Waals surface area contributed by atoms with Crippen LogP contribution in [-0.2, 0) is 16.1 Å².